The number of nitro groups is 2. The summed E-state index contributed by atoms with van der Waals surface area (Å²) < 4.78 is 0. The monoisotopic (exact) mass is 212 g/mol. The first-order valence-corrected chi connectivity index (χ1v) is 4.42. The molecule has 0 saturated heterocycles. The summed E-state index contributed by atoms with van der Waals surface area (Å²) in [7, 11) is 0. The molecule has 0 atom stereocenters. The highest BCUT2D eigenvalue weighted by Gasteiger charge is 2.15. The lowest BCUT2D eigenvalue weighted by Gasteiger charge is -1.95. The number of aryl methyl sites for hydroxylation is 1. The van der Waals surface area contributed by atoms with E-state index in [2.05, 4.69) is 0 Å². The Morgan fingerprint density at radius 1 is 1.07 bits per heavy atom. The average Bonchev–Trinajstić information content (AvgIpc) is 2.20. The lowest BCUT2D eigenvalue weighted by Crippen LogP contribution is -1.94. The Morgan fingerprint density at radius 2 is 1.60 bits per heavy atom. The molecule has 0 bridgehead atoms. The summed E-state index contributed by atoms with van der Waals surface area (Å²) >= 11 is 0. The van der Waals surface area contributed by atoms with Crippen LogP contribution in [-0.2, 0) is 0 Å². The Morgan fingerprint density at radius 3 is 2.00 bits per heavy atom. The largest absolute Gasteiger partial charge is 0.279 e. The van der Waals surface area contributed by atoms with Crippen molar-refractivity contribution < 1.29 is 9.85 Å². The Balaban J connectivity index is 0.000000921. The summed E-state index contributed by atoms with van der Waals surface area (Å²) in [4.78, 5) is 19.4. The maximum absolute atomic E-state index is 10.4. The fourth-order valence-corrected chi connectivity index (χ4v) is 0.908. The molecule has 0 unspecified atom stereocenters. The van der Waals surface area contributed by atoms with Crippen LogP contribution >= 0.6 is 0 Å². The molecule has 0 N–H and O–H groups in total. The number of hydrogen-bond donors (Lipinski definition) is 0. The van der Waals surface area contributed by atoms with Crippen molar-refractivity contribution in [2.75, 3.05) is 0 Å². The second-order valence-corrected chi connectivity index (χ2v) is 2.49. The van der Waals surface area contributed by atoms with Gasteiger partial charge in [-0.2, -0.15) is 0 Å². The number of nitro benzene ring substituents is 2. The highest BCUT2D eigenvalue weighted by molar-refractivity contribution is 5.48. The van der Waals surface area contributed by atoms with Crippen LogP contribution in [0.2, 0.25) is 0 Å². The Bertz CT molecular complexity index is 376. The lowest BCUT2D eigenvalue weighted by molar-refractivity contribution is -0.394. The number of non-ortho nitro benzene ring substituents is 1. The van der Waals surface area contributed by atoms with Gasteiger partial charge in [-0.05, 0) is 13.0 Å². The van der Waals surface area contributed by atoms with E-state index in [1.807, 2.05) is 13.8 Å². The lowest BCUT2D eigenvalue weighted by atomic mass is 10.2. The van der Waals surface area contributed by atoms with E-state index < -0.39 is 9.85 Å². The van der Waals surface area contributed by atoms with E-state index in [1.165, 1.54) is 19.1 Å². The van der Waals surface area contributed by atoms with E-state index in [-0.39, 0.29) is 11.4 Å². The third-order valence-corrected chi connectivity index (χ3v) is 1.60. The van der Waals surface area contributed by atoms with Crippen molar-refractivity contribution in [1.29, 1.82) is 0 Å². The van der Waals surface area contributed by atoms with Gasteiger partial charge in [0.2, 0.25) is 0 Å². The van der Waals surface area contributed by atoms with Gasteiger partial charge in [-0.15, -0.1) is 0 Å². The molecule has 0 aliphatic rings. The summed E-state index contributed by atoms with van der Waals surface area (Å²) in [5, 5.41) is 20.6. The molecule has 15 heavy (non-hydrogen) atoms. The number of rotatable bonds is 2. The first-order chi connectivity index (χ1) is 7.02. The zero-order valence-electron chi connectivity index (χ0n) is 8.76. The minimum absolute atomic E-state index is 0.228. The molecule has 0 fully saturated rings. The standard InChI is InChI=1S/C7H6N2O4.C2H6/c1-5-2-3-6(8(10)11)4-7(5)9(12)13;1-2/h2-4H,1H3;1-2H3. The Hall–Kier alpha value is -1.98. The van der Waals surface area contributed by atoms with Gasteiger partial charge in [-0.25, -0.2) is 0 Å². The molecule has 1 rings (SSSR count). The van der Waals surface area contributed by atoms with Crippen LogP contribution in [-0.4, -0.2) is 9.85 Å². The molecule has 1 aromatic carbocycles. The minimum Gasteiger partial charge on any atom is -0.258 e. The normalized spacial score (nSPS) is 8.73. The minimum atomic E-state index is -0.660. The van der Waals surface area contributed by atoms with E-state index in [0.717, 1.165) is 6.07 Å². The molecule has 6 nitrogen and oxygen atoms in total. The zero-order chi connectivity index (χ0) is 12.0. The quantitative estimate of drug-likeness (QED) is 0.557. The third kappa shape index (κ3) is 3.34. The first-order valence-electron chi connectivity index (χ1n) is 4.42. The second-order valence-electron chi connectivity index (χ2n) is 2.49. The van der Waals surface area contributed by atoms with E-state index in [1.54, 1.807) is 0 Å². The van der Waals surface area contributed by atoms with E-state index in [4.69, 9.17) is 0 Å². The first kappa shape index (κ1) is 13.0. The Kier molecular flexibility index (Phi) is 4.94. The summed E-state index contributed by atoms with van der Waals surface area (Å²) in [6.07, 6.45) is 0. The maximum atomic E-state index is 10.4. The van der Waals surface area contributed by atoms with E-state index in [0.29, 0.717) is 5.56 Å². The van der Waals surface area contributed by atoms with Gasteiger partial charge >= 0.3 is 0 Å². The maximum Gasteiger partial charge on any atom is 0.279 e. The highest BCUT2D eigenvalue weighted by Crippen LogP contribution is 2.23. The molecule has 1 aromatic rings. The molecule has 0 saturated carbocycles. The van der Waals surface area contributed by atoms with Crippen LogP contribution in [0.3, 0.4) is 0 Å². The Labute approximate surface area is 86.8 Å². The van der Waals surface area contributed by atoms with Crippen LogP contribution in [0.15, 0.2) is 18.2 Å². The zero-order valence-corrected chi connectivity index (χ0v) is 8.76. The average molecular weight is 212 g/mol. The summed E-state index contributed by atoms with van der Waals surface area (Å²) in [5.74, 6) is 0. The third-order valence-electron chi connectivity index (χ3n) is 1.60. The fourth-order valence-electron chi connectivity index (χ4n) is 0.908. The molecule has 0 aliphatic heterocycles. The molecule has 82 valence electrons. The molecule has 6 heteroatoms. The second kappa shape index (κ2) is 5.69. The van der Waals surface area contributed by atoms with Gasteiger partial charge in [0.05, 0.1) is 15.9 Å². The van der Waals surface area contributed by atoms with Crippen molar-refractivity contribution in [3.8, 4) is 0 Å². The van der Waals surface area contributed by atoms with Crippen LogP contribution in [0, 0.1) is 27.2 Å². The number of hydrogen-bond acceptors (Lipinski definition) is 4. The van der Waals surface area contributed by atoms with Crippen molar-refractivity contribution in [2.24, 2.45) is 0 Å². The molecule has 0 radical (unpaired) electrons. The molecule has 0 spiro atoms. The summed E-state index contributed by atoms with van der Waals surface area (Å²) in [5.41, 5.74) is -0.0814. The molecule has 0 heterocycles. The highest BCUT2D eigenvalue weighted by atomic mass is 16.6. The van der Waals surface area contributed by atoms with Crippen molar-refractivity contribution in [2.45, 2.75) is 20.8 Å². The molecular weight excluding hydrogens is 200 g/mol. The SMILES string of the molecule is CC.Cc1ccc([N+](=O)[O-])cc1[N+](=O)[O-]. The van der Waals surface area contributed by atoms with Crippen LogP contribution < -0.4 is 0 Å². The van der Waals surface area contributed by atoms with Crippen molar-refractivity contribution in [3.05, 3.63) is 44.0 Å². The van der Waals surface area contributed by atoms with Gasteiger partial charge < -0.3 is 0 Å². The van der Waals surface area contributed by atoms with Gasteiger partial charge in [0, 0.05) is 11.6 Å². The van der Waals surface area contributed by atoms with Crippen LogP contribution in [0.4, 0.5) is 11.4 Å². The number of nitrogens with zero attached hydrogens (tertiary/aromatic N) is 2. The van der Waals surface area contributed by atoms with Gasteiger partial charge in [-0.3, -0.25) is 20.2 Å². The van der Waals surface area contributed by atoms with Gasteiger partial charge in [0.1, 0.15) is 0 Å². The topological polar surface area (TPSA) is 86.3 Å². The fraction of sp³-hybridized carbons (Fsp3) is 0.333. The van der Waals surface area contributed by atoms with Gasteiger partial charge in [0.25, 0.3) is 11.4 Å². The molecule has 0 aliphatic carbocycles. The smallest absolute Gasteiger partial charge is 0.258 e. The van der Waals surface area contributed by atoms with Crippen LogP contribution in [0.1, 0.15) is 19.4 Å². The molecule has 0 amide bonds. The van der Waals surface area contributed by atoms with E-state index in [9.17, 15) is 20.2 Å². The van der Waals surface area contributed by atoms with Crippen LogP contribution in [0.25, 0.3) is 0 Å². The van der Waals surface area contributed by atoms with Crippen molar-refractivity contribution >= 4 is 11.4 Å². The molecule has 0 aromatic heterocycles. The van der Waals surface area contributed by atoms with Crippen molar-refractivity contribution in [3.63, 3.8) is 0 Å². The molecular formula is C9H12N2O4. The predicted molar refractivity (Wildman–Crippen MR) is 55.8 cm³/mol. The van der Waals surface area contributed by atoms with Crippen molar-refractivity contribution in [1.82, 2.24) is 0 Å². The van der Waals surface area contributed by atoms with Gasteiger partial charge in [0.15, 0.2) is 0 Å². The summed E-state index contributed by atoms with van der Waals surface area (Å²) in [6, 6.07) is 3.55. The van der Waals surface area contributed by atoms with Crippen LogP contribution in [0.5, 0.6) is 0 Å². The van der Waals surface area contributed by atoms with E-state index >= 15 is 0 Å². The van der Waals surface area contributed by atoms with Gasteiger partial charge in [-0.1, -0.05) is 13.8 Å². The number of benzene rings is 1. The summed E-state index contributed by atoms with van der Waals surface area (Å²) in [6.45, 7) is 5.53. The predicted octanol–water partition coefficient (Wildman–Crippen LogP) is 2.84.